The number of nitrogens with one attached hydrogen (secondary N) is 2. The van der Waals surface area contributed by atoms with Crippen molar-refractivity contribution in [2.24, 2.45) is 4.99 Å². The molecule has 1 aliphatic rings. The molecule has 0 aromatic carbocycles. The third kappa shape index (κ3) is 5.99. The molecule has 1 aromatic rings. The van der Waals surface area contributed by atoms with Crippen LogP contribution in [-0.4, -0.2) is 53.3 Å². The Hall–Kier alpha value is -1.63. The molecule has 2 rings (SSSR count). The van der Waals surface area contributed by atoms with Gasteiger partial charge < -0.3 is 15.5 Å². The quantitative estimate of drug-likeness (QED) is 0.595. The van der Waals surface area contributed by atoms with Gasteiger partial charge in [-0.25, -0.2) is 4.98 Å². The molecule has 25 heavy (non-hydrogen) atoms. The molecule has 0 radical (unpaired) electrons. The first kappa shape index (κ1) is 19.7. The molecule has 0 saturated heterocycles. The molecule has 7 heteroatoms. The van der Waals surface area contributed by atoms with Crippen LogP contribution < -0.4 is 15.5 Å². The summed E-state index contributed by atoms with van der Waals surface area (Å²) in [4.78, 5) is 10.7. The molecule has 1 aliphatic carbocycles. The first-order chi connectivity index (χ1) is 12.0. The Balaban J connectivity index is 1.88. The Bertz CT molecular complexity index is 605. The first-order valence-corrected chi connectivity index (χ1v) is 10.4. The highest BCUT2D eigenvalue weighted by Crippen LogP contribution is 2.23. The van der Waals surface area contributed by atoms with E-state index in [4.69, 9.17) is 0 Å². The number of hydrogen-bond donors (Lipinski definition) is 2. The fourth-order valence-electron chi connectivity index (χ4n) is 3.14. The van der Waals surface area contributed by atoms with Gasteiger partial charge in [0.1, 0.15) is 5.82 Å². The minimum Gasteiger partial charge on any atom is -0.363 e. The fraction of sp³-hybridized carbons (Fsp3) is 0.667. The van der Waals surface area contributed by atoms with Crippen LogP contribution in [0.2, 0.25) is 0 Å². The van der Waals surface area contributed by atoms with Crippen LogP contribution in [0.25, 0.3) is 0 Å². The lowest BCUT2D eigenvalue weighted by Crippen LogP contribution is -2.46. The van der Waals surface area contributed by atoms with E-state index >= 15 is 0 Å². The van der Waals surface area contributed by atoms with Crippen molar-refractivity contribution < 1.29 is 4.21 Å². The highest BCUT2D eigenvalue weighted by Gasteiger charge is 2.25. The molecule has 0 bridgehead atoms. The smallest absolute Gasteiger partial charge is 0.191 e. The second-order valence-electron chi connectivity index (χ2n) is 6.64. The first-order valence-electron chi connectivity index (χ1n) is 9.00. The summed E-state index contributed by atoms with van der Waals surface area (Å²) < 4.78 is 12.1. The van der Waals surface area contributed by atoms with Crippen LogP contribution in [0.4, 0.5) is 5.82 Å². The minimum atomic E-state index is -0.703. The largest absolute Gasteiger partial charge is 0.363 e. The second kappa shape index (κ2) is 9.75. The standard InChI is InChI=1S/C18H31N5OS/c1-5-25(24)16-8-6-7-15(12-16)22-18(19-2)21-13-14-9-10-20-17(11-14)23(3)4/h9-11,15-16H,5-8,12-13H2,1-4H3,(H2,19,21,22). The Labute approximate surface area is 154 Å². The van der Waals surface area contributed by atoms with Crippen LogP contribution in [0.15, 0.2) is 23.3 Å². The number of anilines is 1. The van der Waals surface area contributed by atoms with Gasteiger partial charge in [0, 0.05) is 61.7 Å². The van der Waals surface area contributed by atoms with Gasteiger partial charge in [-0.3, -0.25) is 9.20 Å². The zero-order valence-electron chi connectivity index (χ0n) is 15.8. The SMILES string of the molecule is CCS(=O)C1CCCC(NC(=NC)NCc2ccnc(N(C)C)c2)C1. The summed E-state index contributed by atoms with van der Waals surface area (Å²) in [5.74, 6) is 2.50. The van der Waals surface area contributed by atoms with Crippen LogP contribution in [0.1, 0.15) is 38.2 Å². The van der Waals surface area contributed by atoms with Gasteiger partial charge in [-0.15, -0.1) is 0 Å². The monoisotopic (exact) mass is 365 g/mol. The van der Waals surface area contributed by atoms with Gasteiger partial charge in [0.2, 0.25) is 0 Å². The lowest BCUT2D eigenvalue weighted by atomic mass is 9.95. The molecule has 1 fully saturated rings. The summed E-state index contributed by atoms with van der Waals surface area (Å²) in [6.45, 7) is 2.70. The van der Waals surface area contributed by atoms with Crippen LogP contribution >= 0.6 is 0 Å². The number of aromatic nitrogens is 1. The second-order valence-corrected chi connectivity index (χ2v) is 8.65. The maximum absolute atomic E-state index is 12.1. The van der Waals surface area contributed by atoms with Crippen LogP contribution in [-0.2, 0) is 17.3 Å². The highest BCUT2D eigenvalue weighted by molar-refractivity contribution is 7.85. The summed E-state index contributed by atoms with van der Waals surface area (Å²) in [7, 11) is 5.06. The van der Waals surface area contributed by atoms with Crippen molar-refractivity contribution in [1.82, 2.24) is 15.6 Å². The molecule has 0 aliphatic heterocycles. The van der Waals surface area contributed by atoms with E-state index in [1.165, 1.54) is 0 Å². The number of guanidine groups is 1. The van der Waals surface area contributed by atoms with Crippen molar-refractivity contribution in [2.75, 3.05) is 31.8 Å². The third-order valence-electron chi connectivity index (χ3n) is 4.57. The summed E-state index contributed by atoms with van der Waals surface area (Å²) in [5, 5.41) is 7.19. The highest BCUT2D eigenvalue weighted by atomic mass is 32.2. The molecule has 6 nitrogen and oxygen atoms in total. The summed E-state index contributed by atoms with van der Waals surface area (Å²) in [6, 6.07) is 4.42. The van der Waals surface area contributed by atoms with E-state index in [1.54, 1.807) is 7.05 Å². The average Bonchev–Trinajstić information content (AvgIpc) is 2.64. The van der Waals surface area contributed by atoms with Crippen molar-refractivity contribution in [3.05, 3.63) is 23.9 Å². The van der Waals surface area contributed by atoms with Gasteiger partial charge in [0.15, 0.2) is 5.96 Å². The van der Waals surface area contributed by atoms with E-state index in [2.05, 4.69) is 26.7 Å². The zero-order chi connectivity index (χ0) is 18.2. The van der Waals surface area contributed by atoms with Crippen LogP contribution in [0.3, 0.4) is 0 Å². The zero-order valence-corrected chi connectivity index (χ0v) is 16.6. The molecule has 0 amide bonds. The molecule has 3 atom stereocenters. The summed E-state index contributed by atoms with van der Waals surface area (Å²) in [5.41, 5.74) is 1.16. The third-order valence-corrected chi connectivity index (χ3v) is 6.32. The van der Waals surface area contributed by atoms with Gasteiger partial charge in [0.25, 0.3) is 0 Å². The lowest BCUT2D eigenvalue weighted by Gasteiger charge is -2.30. The van der Waals surface area contributed by atoms with Crippen molar-refractivity contribution in [3.63, 3.8) is 0 Å². The fourth-order valence-corrected chi connectivity index (χ4v) is 4.49. The van der Waals surface area contributed by atoms with E-state index in [9.17, 15) is 4.21 Å². The van der Waals surface area contributed by atoms with Gasteiger partial charge in [-0.2, -0.15) is 0 Å². The van der Waals surface area contributed by atoms with E-state index in [0.717, 1.165) is 48.8 Å². The lowest BCUT2D eigenvalue weighted by molar-refractivity contribution is 0.413. The summed E-state index contributed by atoms with van der Waals surface area (Å²) in [6.07, 6.45) is 6.10. The number of hydrogen-bond acceptors (Lipinski definition) is 4. The molecular weight excluding hydrogens is 334 g/mol. The number of aliphatic imine (C=N–C) groups is 1. The van der Waals surface area contributed by atoms with Crippen molar-refractivity contribution >= 4 is 22.6 Å². The molecule has 2 N–H and O–H groups in total. The van der Waals surface area contributed by atoms with E-state index in [0.29, 0.717) is 17.8 Å². The van der Waals surface area contributed by atoms with Crippen LogP contribution in [0.5, 0.6) is 0 Å². The molecule has 140 valence electrons. The van der Waals surface area contributed by atoms with Crippen molar-refractivity contribution in [2.45, 2.75) is 50.4 Å². The summed E-state index contributed by atoms with van der Waals surface area (Å²) >= 11 is 0. The predicted octanol–water partition coefficient (Wildman–Crippen LogP) is 1.89. The van der Waals surface area contributed by atoms with E-state index in [1.807, 2.05) is 38.2 Å². The molecule has 1 heterocycles. The van der Waals surface area contributed by atoms with Gasteiger partial charge in [-0.1, -0.05) is 13.3 Å². The van der Waals surface area contributed by atoms with Crippen LogP contribution in [0, 0.1) is 0 Å². The van der Waals surface area contributed by atoms with Gasteiger partial charge in [-0.05, 0) is 37.0 Å². The van der Waals surface area contributed by atoms with Crippen molar-refractivity contribution in [3.8, 4) is 0 Å². The number of pyridine rings is 1. The molecule has 1 saturated carbocycles. The molecule has 1 aromatic heterocycles. The Kier molecular flexibility index (Phi) is 7.68. The van der Waals surface area contributed by atoms with Crippen molar-refractivity contribution in [1.29, 1.82) is 0 Å². The van der Waals surface area contributed by atoms with Gasteiger partial charge >= 0.3 is 0 Å². The molecule has 0 spiro atoms. The average molecular weight is 366 g/mol. The maximum atomic E-state index is 12.1. The molecular formula is C18H31N5OS. The van der Waals surface area contributed by atoms with Gasteiger partial charge in [0.05, 0.1) is 0 Å². The topological polar surface area (TPSA) is 69.6 Å². The predicted molar refractivity (Wildman–Crippen MR) is 107 cm³/mol. The maximum Gasteiger partial charge on any atom is 0.191 e. The Morgan fingerprint density at radius 2 is 2.24 bits per heavy atom. The number of nitrogens with zero attached hydrogens (tertiary/aromatic N) is 3. The Morgan fingerprint density at radius 1 is 1.44 bits per heavy atom. The molecule has 3 unspecified atom stereocenters. The number of rotatable bonds is 6. The minimum absolute atomic E-state index is 0.317. The normalized spacial score (nSPS) is 22.3. The van der Waals surface area contributed by atoms with E-state index < -0.39 is 10.8 Å². The van der Waals surface area contributed by atoms with E-state index in [-0.39, 0.29) is 0 Å². The Morgan fingerprint density at radius 3 is 2.92 bits per heavy atom.